The van der Waals surface area contributed by atoms with Crippen molar-refractivity contribution in [1.82, 2.24) is 15.0 Å². The fraction of sp³-hybridized carbons (Fsp3) is 0.500. The molecule has 0 saturated heterocycles. The summed E-state index contributed by atoms with van der Waals surface area (Å²) in [6.45, 7) is 3.12. The normalized spacial score (nSPS) is 10.7. The van der Waals surface area contributed by atoms with Crippen molar-refractivity contribution in [2.45, 2.75) is 26.2 Å². The van der Waals surface area contributed by atoms with Crippen molar-refractivity contribution in [3.63, 3.8) is 0 Å². The standard InChI is InChI=1S/C12H18N4O/c1-3-4-5-7-13-10-9-6-8-14-11(9)16-12(15-10)17-2/h6,8H,3-5,7H2,1-2H3,(H2,13,14,15,16). The van der Waals surface area contributed by atoms with E-state index in [2.05, 4.69) is 27.2 Å². The van der Waals surface area contributed by atoms with E-state index in [0.29, 0.717) is 6.01 Å². The molecule has 2 N–H and O–H groups in total. The lowest BCUT2D eigenvalue weighted by molar-refractivity contribution is 0.382. The average Bonchev–Trinajstić information content (AvgIpc) is 2.82. The molecule has 17 heavy (non-hydrogen) atoms. The Labute approximate surface area is 101 Å². The second-order valence-electron chi connectivity index (χ2n) is 3.93. The van der Waals surface area contributed by atoms with Crippen molar-refractivity contribution in [3.05, 3.63) is 12.3 Å². The number of ether oxygens (including phenoxy) is 1. The van der Waals surface area contributed by atoms with Crippen molar-refractivity contribution in [3.8, 4) is 6.01 Å². The minimum Gasteiger partial charge on any atom is -0.467 e. The molecule has 0 saturated carbocycles. The molecular weight excluding hydrogens is 216 g/mol. The third-order valence-corrected chi connectivity index (χ3v) is 2.65. The predicted molar refractivity (Wildman–Crippen MR) is 68.5 cm³/mol. The molecule has 2 heterocycles. The molecule has 0 aromatic carbocycles. The van der Waals surface area contributed by atoms with E-state index in [-0.39, 0.29) is 0 Å². The molecule has 0 spiro atoms. The average molecular weight is 234 g/mol. The van der Waals surface area contributed by atoms with E-state index in [1.807, 2.05) is 12.3 Å². The lowest BCUT2D eigenvalue weighted by Gasteiger charge is -2.07. The Balaban J connectivity index is 2.16. The number of rotatable bonds is 6. The Bertz CT molecular complexity index is 480. The van der Waals surface area contributed by atoms with Gasteiger partial charge in [-0.1, -0.05) is 19.8 Å². The van der Waals surface area contributed by atoms with Crippen LogP contribution in [0.1, 0.15) is 26.2 Å². The number of aromatic nitrogens is 3. The number of hydrogen-bond donors (Lipinski definition) is 2. The van der Waals surface area contributed by atoms with Crippen LogP contribution in [0.4, 0.5) is 5.82 Å². The first-order chi connectivity index (χ1) is 8.35. The smallest absolute Gasteiger partial charge is 0.320 e. The molecule has 0 atom stereocenters. The molecule has 2 rings (SSSR count). The molecule has 92 valence electrons. The number of fused-ring (bicyclic) bond motifs is 1. The Kier molecular flexibility index (Phi) is 3.80. The quantitative estimate of drug-likeness (QED) is 0.754. The summed E-state index contributed by atoms with van der Waals surface area (Å²) in [5.74, 6) is 0.837. The molecule has 0 amide bonds. The highest BCUT2D eigenvalue weighted by atomic mass is 16.5. The summed E-state index contributed by atoms with van der Waals surface area (Å²) in [7, 11) is 1.57. The van der Waals surface area contributed by atoms with E-state index in [1.54, 1.807) is 7.11 Å². The maximum absolute atomic E-state index is 5.08. The van der Waals surface area contributed by atoms with Gasteiger partial charge in [0.25, 0.3) is 0 Å². The van der Waals surface area contributed by atoms with Crippen LogP contribution in [-0.2, 0) is 0 Å². The summed E-state index contributed by atoms with van der Waals surface area (Å²) in [5, 5.41) is 4.33. The van der Waals surface area contributed by atoms with Gasteiger partial charge in [-0.25, -0.2) is 0 Å². The predicted octanol–water partition coefficient (Wildman–Crippen LogP) is 2.57. The van der Waals surface area contributed by atoms with Crippen LogP contribution in [-0.4, -0.2) is 28.6 Å². The Morgan fingerprint density at radius 1 is 1.35 bits per heavy atom. The summed E-state index contributed by atoms with van der Waals surface area (Å²) in [5.41, 5.74) is 0.801. The summed E-state index contributed by atoms with van der Waals surface area (Å²) in [4.78, 5) is 11.6. The lowest BCUT2D eigenvalue weighted by atomic mass is 10.2. The zero-order chi connectivity index (χ0) is 12.1. The highest BCUT2D eigenvalue weighted by Gasteiger charge is 2.07. The first-order valence-corrected chi connectivity index (χ1v) is 5.98. The largest absolute Gasteiger partial charge is 0.467 e. The van der Waals surface area contributed by atoms with Gasteiger partial charge in [-0.3, -0.25) is 0 Å². The van der Waals surface area contributed by atoms with Crippen LogP contribution < -0.4 is 10.1 Å². The van der Waals surface area contributed by atoms with Gasteiger partial charge in [0.15, 0.2) is 0 Å². The van der Waals surface area contributed by atoms with E-state index < -0.39 is 0 Å². The van der Waals surface area contributed by atoms with Crippen LogP contribution in [0.2, 0.25) is 0 Å². The molecule has 0 fully saturated rings. The van der Waals surface area contributed by atoms with E-state index in [9.17, 15) is 0 Å². The highest BCUT2D eigenvalue weighted by molar-refractivity contribution is 5.87. The van der Waals surface area contributed by atoms with E-state index >= 15 is 0 Å². The summed E-state index contributed by atoms with van der Waals surface area (Å²) in [6.07, 6.45) is 5.45. The number of nitrogens with one attached hydrogen (secondary N) is 2. The minimum atomic E-state index is 0.387. The number of anilines is 1. The molecule has 0 aliphatic rings. The second kappa shape index (κ2) is 5.52. The number of hydrogen-bond acceptors (Lipinski definition) is 4. The number of H-pyrrole nitrogens is 1. The molecular formula is C12H18N4O. The minimum absolute atomic E-state index is 0.387. The van der Waals surface area contributed by atoms with Gasteiger partial charge in [0, 0.05) is 12.7 Å². The van der Waals surface area contributed by atoms with Gasteiger partial charge in [0.1, 0.15) is 11.5 Å². The van der Waals surface area contributed by atoms with Crippen molar-refractivity contribution in [2.24, 2.45) is 0 Å². The SMILES string of the molecule is CCCCCNc1nc(OC)nc2[nH]ccc12. The van der Waals surface area contributed by atoms with Gasteiger partial charge in [-0.15, -0.1) is 0 Å². The maximum atomic E-state index is 5.08. The van der Waals surface area contributed by atoms with E-state index in [0.717, 1.165) is 29.8 Å². The zero-order valence-electron chi connectivity index (χ0n) is 10.3. The second-order valence-corrected chi connectivity index (χ2v) is 3.93. The highest BCUT2D eigenvalue weighted by Crippen LogP contribution is 2.21. The zero-order valence-corrected chi connectivity index (χ0v) is 10.3. The van der Waals surface area contributed by atoms with Crippen molar-refractivity contribution >= 4 is 16.9 Å². The number of aromatic amines is 1. The molecule has 5 nitrogen and oxygen atoms in total. The summed E-state index contributed by atoms with van der Waals surface area (Å²) < 4.78 is 5.08. The maximum Gasteiger partial charge on any atom is 0.320 e. The Morgan fingerprint density at radius 2 is 2.24 bits per heavy atom. The van der Waals surface area contributed by atoms with Gasteiger partial charge in [-0.2, -0.15) is 9.97 Å². The Morgan fingerprint density at radius 3 is 3.00 bits per heavy atom. The van der Waals surface area contributed by atoms with Gasteiger partial charge in [0.05, 0.1) is 12.5 Å². The van der Waals surface area contributed by atoms with Crippen molar-refractivity contribution < 1.29 is 4.74 Å². The van der Waals surface area contributed by atoms with Crippen LogP contribution >= 0.6 is 0 Å². The van der Waals surface area contributed by atoms with Crippen LogP contribution in [0, 0.1) is 0 Å². The van der Waals surface area contributed by atoms with Gasteiger partial charge in [0.2, 0.25) is 0 Å². The fourth-order valence-corrected chi connectivity index (χ4v) is 1.73. The van der Waals surface area contributed by atoms with Gasteiger partial charge < -0.3 is 15.0 Å². The van der Waals surface area contributed by atoms with Crippen molar-refractivity contribution in [1.29, 1.82) is 0 Å². The summed E-state index contributed by atoms with van der Waals surface area (Å²) >= 11 is 0. The monoisotopic (exact) mass is 234 g/mol. The summed E-state index contributed by atoms with van der Waals surface area (Å²) in [6, 6.07) is 2.36. The fourth-order valence-electron chi connectivity index (χ4n) is 1.73. The number of unbranched alkanes of at least 4 members (excludes halogenated alkanes) is 2. The molecule has 0 aliphatic carbocycles. The van der Waals surface area contributed by atoms with Crippen molar-refractivity contribution in [2.75, 3.05) is 19.0 Å². The third kappa shape index (κ3) is 2.67. The third-order valence-electron chi connectivity index (χ3n) is 2.65. The van der Waals surface area contributed by atoms with E-state index in [4.69, 9.17) is 4.74 Å². The molecule has 0 bridgehead atoms. The van der Waals surface area contributed by atoms with Gasteiger partial charge in [-0.05, 0) is 12.5 Å². The van der Waals surface area contributed by atoms with Crippen LogP contribution in [0.3, 0.4) is 0 Å². The van der Waals surface area contributed by atoms with Crippen LogP contribution in [0.5, 0.6) is 6.01 Å². The molecule has 0 radical (unpaired) electrons. The number of methoxy groups -OCH3 is 1. The first-order valence-electron chi connectivity index (χ1n) is 5.98. The topological polar surface area (TPSA) is 62.8 Å². The Hall–Kier alpha value is -1.78. The van der Waals surface area contributed by atoms with Crippen LogP contribution in [0.15, 0.2) is 12.3 Å². The molecule has 2 aromatic rings. The van der Waals surface area contributed by atoms with Crippen LogP contribution in [0.25, 0.3) is 11.0 Å². The molecule has 0 aliphatic heterocycles. The lowest BCUT2D eigenvalue weighted by Crippen LogP contribution is -2.05. The molecule has 5 heteroatoms. The van der Waals surface area contributed by atoms with Gasteiger partial charge >= 0.3 is 6.01 Å². The number of nitrogens with zero attached hydrogens (tertiary/aromatic N) is 2. The molecule has 2 aromatic heterocycles. The molecule has 0 unspecified atom stereocenters. The van der Waals surface area contributed by atoms with E-state index in [1.165, 1.54) is 12.8 Å². The first kappa shape index (κ1) is 11.7.